The molecule has 4 aromatic carbocycles. The number of allylic oxidation sites excluding steroid dienone is 4. The van der Waals surface area contributed by atoms with Gasteiger partial charge in [-0.3, -0.25) is 0 Å². The van der Waals surface area contributed by atoms with Gasteiger partial charge in [-0.25, -0.2) is 0 Å². The summed E-state index contributed by atoms with van der Waals surface area (Å²) in [6.45, 7) is 9.96. The monoisotopic (exact) mass is 621 g/mol. The van der Waals surface area contributed by atoms with E-state index in [4.69, 9.17) is 9.47 Å². The van der Waals surface area contributed by atoms with Gasteiger partial charge >= 0.3 is 0 Å². The number of rotatable bonds is 4. The van der Waals surface area contributed by atoms with Gasteiger partial charge in [-0.15, -0.1) is 0 Å². The fourth-order valence-electron chi connectivity index (χ4n) is 10.2. The second-order valence-corrected chi connectivity index (χ2v) is 16.2. The predicted molar refractivity (Wildman–Crippen MR) is 197 cm³/mol. The zero-order chi connectivity index (χ0) is 32.8. The molecule has 3 aliphatic carbocycles. The molecular formula is C44H47NO2. The number of hydrogen-bond acceptors (Lipinski definition) is 3. The molecule has 1 aliphatic heterocycles. The fourth-order valence-corrected chi connectivity index (χ4v) is 10.2. The van der Waals surface area contributed by atoms with Gasteiger partial charge in [0.25, 0.3) is 0 Å². The third-order valence-electron chi connectivity index (χ3n) is 11.3. The molecule has 1 heterocycles. The average Bonchev–Trinajstić information content (AvgIpc) is 3.32. The van der Waals surface area contributed by atoms with E-state index in [1.54, 1.807) is 18.3 Å². The number of nitrogens with zero attached hydrogens (tertiary/aromatic N) is 1. The molecule has 0 N–H and O–H groups in total. The van der Waals surface area contributed by atoms with Gasteiger partial charge in [0, 0.05) is 47.3 Å². The van der Waals surface area contributed by atoms with Crippen LogP contribution in [0.3, 0.4) is 0 Å². The second-order valence-electron chi connectivity index (χ2n) is 16.2. The van der Waals surface area contributed by atoms with Crippen LogP contribution in [0.5, 0.6) is 11.5 Å². The molecule has 1 unspecified atom stereocenters. The first-order valence-electron chi connectivity index (χ1n) is 17.3. The summed E-state index contributed by atoms with van der Waals surface area (Å²) >= 11 is 0. The highest BCUT2D eigenvalue weighted by atomic mass is 16.5. The van der Waals surface area contributed by atoms with Crippen molar-refractivity contribution in [3.05, 3.63) is 124 Å². The van der Waals surface area contributed by atoms with Crippen LogP contribution in [0, 0.1) is 10.8 Å². The van der Waals surface area contributed by atoms with E-state index >= 15 is 0 Å². The molecule has 4 aliphatic rings. The third-order valence-corrected chi connectivity index (χ3v) is 11.3. The molecule has 3 heteroatoms. The summed E-state index contributed by atoms with van der Waals surface area (Å²) in [6, 6.07) is 26.2. The quantitative estimate of drug-likeness (QED) is 0.226. The van der Waals surface area contributed by atoms with E-state index < -0.39 is 5.60 Å². The summed E-state index contributed by atoms with van der Waals surface area (Å²) in [5, 5.41) is 2.40. The van der Waals surface area contributed by atoms with E-state index in [1.165, 1.54) is 34.2 Å². The van der Waals surface area contributed by atoms with E-state index in [0.29, 0.717) is 0 Å². The normalized spacial score (nSPS) is 22.9. The molecule has 0 bridgehead atoms. The summed E-state index contributed by atoms with van der Waals surface area (Å²) in [7, 11) is 5.93. The first-order valence-corrected chi connectivity index (χ1v) is 17.3. The molecule has 240 valence electrons. The van der Waals surface area contributed by atoms with E-state index in [9.17, 15) is 0 Å². The number of benzene rings is 4. The molecular weight excluding hydrogens is 574 g/mol. The van der Waals surface area contributed by atoms with Crippen molar-refractivity contribution < 1.29 is 9.47 Å². The fraction of sp³-hybridized carbons (Fsp3) is 0.364. The summed E-state index contributed by atoms with van der Waals surface area (Å²) < 4.78 is 13.5. The Morgan fingerprint density at radius 2 is 1.47 bits per heavy atom. The van der Waals surface area contributed by atoms with Crippen molar-refractivity contribution in [3.8, 4) is 11.5 Å². The van der Waals surface area contributed by atoms with Crippen molar-refractivity contribution in [1.29, 1.82) is 0 Å². The topological polar surface area (TPSA) is 21.7 Å². The van der Waals surface area contributed by atoms with Crippen molar-refractivity contribution in [2.24, 2.45) is 10.8 Å². The largest absolute Gasteiger partial charge is 0.497 e. The number of fused-ring (bicyclic) bond motifs is 9. The van der Waals surface area contributed by atoms with Crippen LogP contribution in [0.25, 0.3) is 22.4 Å². The Balaban J connectivity index is 1.45. The molecule has 1 fully saturated rings. The van der Waals surface area contributed by atoms with Gasteiger partial charge < -0.3 is 14.4 Å². The lowest BCUT2D eigenvalue weighted by Crippen LogP contribution is -2.45. The van der Waals surface area contributed by atoms with Gasteiger partial charge in [-0.2, -0.15) is 0 Å². The zero-order valence-electron chi connectivity index (χ0n) is 29.0. The van der Waals surface area contributed by atoms with Crippen LogP contribution < -0.4 is 14.4 Å². The highest BCUT2D eigenvalue weighted by molar-refractivity contribution is 6.07. The third kappa shape index (κ3) is 4.53. The van der Waals surface area contributed by atoms with Gasteiger partial charge in [0.2, 0.25) is 0 Å². The second kappa shape index (κ2) is 10.4. The maximum atomic E-state index is 7.63. The zero-order valence-corrected chi connectivity index (χ0v) is 29.0. The standard InChI is InChI=1S/C44H47NO2/c1-41(2)26-42(3,4)28-43(27-41)37-16-12-11-15-34(37)38-33-22-21-32(46-7)25-36(33)40-35(39(38)43)23-24-44(47-40,29-13-9-8-10-14-29)30-17-19-31(20-18-30)45(5)6/h8-10,12-14,16-25H,11,15,26-28H2,1-7H3. The van der Waals surface area contributed by atoms with Crippen LogP contribution in [0.4, 0.5) is 5.69 Å². The van der Waals surface area contributed by atoms with Crippen LogP contribution in [0.2, 0.25) is 0 Å². The predicted octanol–water partition coefficient (Wildman–Crippen LogP) is 10.9. The van der Waals surface area contributed by atoms with Crippen molar-refractivity contribution in [1.82, 2.24) is 0 Å². The number of anilines is 1. The van der Waals surface area contributed by atoms with Gasteiger partial charge in [0.05, 0.1) is 7.11 Å². The minimum Gasteiger partial charge on any atom is -0.497 e. The molecule has 0 aromatic heterocycles. The summed E-state index contributed by atoms with van der Waals surface area (Å²) in [4.78, 5) is 2.14. The Bertz CT molecular complexity index is 1970. The highest BCUT2D eigenvalue weighted by Crippen LogP contribution is 2.67. The lowest BCUT2D eigenvalue weighted by Gasteiger charge is -2.53. The molecule has 0 amide bonds. The lowest BCUT2D eigenvalue weighted by atomic mass is 9.51. The average molecular weight is 622 g/mol. The molecule has 0 radical (unpaired) electrons. The van der Waals surface area contributed by atoms with E-state index in [1.807, 2.05) is 0 Å². The Hall–Kier alpha value is -4.24. The number of ether oxygens (including phenoxy) is 2. The maximum Gasteiger partial charge on any atom is 0.178 e. The van der Waals surface area contributed by atoms with Crippen molar-refractivity contribution >= 4 is 28.1 Å². The van der Waals surface area contributed by atoms with Gasteiger partial charge in [-0.1, -0.05) is 88.4 Å². The molecule has 1 spiro atoms. The van der Waals surface area contributed by atoms with Gasteiger partial charge in [-0.05, 0) is 107 Å². The van der Waals surface area contributed by atoms with Crippen LogP contribution in [0.1, 0.15) is 87.6 Å². The molecule has 0 saturated heterocycles. The Morgan fingerprint density at radius 3 is 2.15 bits per heavy atom. The minimum atomic E-state index is -0.785. The number of methoxy groups -OCH3 is 1. The van der Waals surface area contributed by atoms with E-state index in [0.717, 1.165) is 53.7 Å². The van der Waals surface area contributed by atoms with Crippen molar-refractivity contribution in [2.45, 2.75) is 70.8 Å². The summed E-state index contributed by atoms with van der Waals surface area (Å²) in [6.07, 6.45) is 15.3. The minimum absolute atomic E-state index is 0.0706. The van der Waals surface area contributed by atoms with Gasteiger partial charge in [0.1, 0.15) is 11.5 Å². The van der Waals surface area contributed by atoms with Crippen LogP contribution in [-0.2, 0) is 11.0 Å². The first-order chi connectivity index (χ1) is 22.5. The van der Waals surface area contributed by atoms with E-state index in [-0.39, 0.29) is 16.2 Å². The van der Waals surface area contributed by atoms with Crippen molar-refractivity contribution in [2.75, 3.05) is 26.1 Å². The molecule has 3 nitrogen and oxygen atoms in total. The van der Waals surface area contributed by atoms with E-state index in [2.05, 4.69) is 144 Å². The molecule has 4 aromatic rings. The van der Waals surface area contributed by atoms with Crippen LogP contribution >= 0.6 is 0 Å². The SMILES string of the molecule is COc1ccc2c3c(c4c(c2c1)OC(c1ccccc1)(c1ccc(N(C)C)cc1)C=C4)C1(CC(C)(C)CC(C)(C)C1)C1=C3CCC=C1. The van der Waals surface area contributed by atoms with Crippen LogP contribution in [0.15, 0.2) is 96.6 Å². The highest BCUT2D eigenvalue weighted by Gasteiger charge is 2.56. The number of hydrogen-bond donors (Lipinski definition) is 0. The summed E-state index contributed by atoms with van der Waals surface area (Å²) in [5.41, 5.74) is 10.2. The van der Waals surface area contributed by atoms with Crippen LogP contribution in [-0.4, -0.2) is 21.2 Å². The Kier molecular flexibility index (Phi) is 6.65. The molecule has 1 saturated carbocycles. The first kappa shape index (κ1) is 30.1. The maximum absolute atomic E-state index is 7.63. The Labute approximate surface area is 280 Å². The summed E-state index contributed by atoms with van der Waals surface area (Å²) in [5.74, 6) is 1.81. The smallest absolute Gasteiger partial charge is 0.178 e. The molecule has 8 rings (SSSR count). The molecule has 47 heavy (non-hydrogen) atoms. The molecule has 1 atom stereocenters. The Morgan fingerprint density at radius 1 is 0.766 bits per heavy atom. The van der Waals surface area contributed by atoms with Crippen molar-refractivity contribution in [3.63, 3.8) is 0 Å². The lowest BCUT2D eigenvalue weighted by molar-refractivity contribution is 0.0633. The van der Waals surface area contributed by atoms with Gasteiger partial charge in [0.15, 0.2) is 5.60 Å².